The highest BCUT2D eigenvalue weighted by atomic mass is 16.5. The first-order chi connectivity index (χ1) is 14.4. The van der Waals surface area contributed by atoms with Gasteiger partial charge in [-0.05, 0) is 27.8 Å². The van der Waals surface area contributed by atoms with Gasteiger partial charge in [-0.3, -0.25) is 4.90 Å². The minimum atomic E-state index is -1.07. The lowest BCUT2D eigenvalue weighted by atomic mass is 9.97. The molecule has 2 N–H and O–H groups in total. The number of benzene rings is 2. The van der Waals surface area contributed by atoms with E-state index in [-0.39, 0.29) is 12.5 Å². The minimum Gasteiger partial charge on any atom is -0.480 e. The van der Waals surface area contributed by atoms with Crippen molar-refractivity contribution in [1.82, 2.24) is 25.5 Å². The van der Waals surface area contributed by atoms with Crippen LogP contribution in [0.3, 0.4) is 0 Å². The number of hydrogen-bond donors (Lipinski definition) is 2. The summed E-state index contributed by atoms with van der Waals surface area (Å²) < 4.78 is 4.82. The number of carbonyl (C=O) groups excluding carboxylic acids is 1. The number of H-pyrrole nitrogens is 1. The van der Waals surface area contributed by atoms with Crippen LogP contribution in [0, 0.1) is 5.92 Å². The number of hydrogen-bond acceptors (Lipinski definition) is 6. The second-order valence-corrected chi connectivity index (χ2v) is 7.10. The molecule has 1 unspecified atom stereocenters. The number of aromatic nitrogens is 4. The largest absolute Gasteiger partial charge is 0.480 e. The Morgan fingerprint density at radius 2 is 1.77 bits per heavy atom. The molecule has 0 radical (unpaired) electrons. The van der Waals surface area contributed by atoms with Gasteiger partial charge >= 0.3 is 12.1 Å². The van der Waals surface area contributed by atoms with Crippen LogP contribution in [0.4, 0.5) is 4.79 Å². The molecule has 1 atom stereocenters. The molecule has 0 spiro atoms. The van der Waals surface area contributed by atoms with Gasteiger partial charge in [-0.15, -0.1) is 10.2 Å². The standard InChI is InChI=1S/C21H23N5O4/c1-13(2)18(20(27)28)26(21(29)30-3)12-14-8-10-15(11-9-14)16-6-4-5-7-17(16)19-22-24-25-23-19/h4-11,13,18H,12H2,1-3H3,(H,27,28)(H,22,23,24,25). The Morgan fingerprint density at radius 1 is 1.10 bits per heavy atom. The van der Waals surface area contributed by atoms with Gasteiger partial charge in [0.1, 0.15) is 6.04 Å². The fourth-order valence-corrected chi connectivity index (χ4v) is 3.36. The van der Waals surface area contributed by atoms with Crippen LogP contribution >= 0.6 is 0 Å². The number of aliphatic carboxylic acids is 1. The third-order valence-corrected chi connectivity index (χ3v) is 4.76. The molecule has 0 saturated carbocycles. The normalized spacial score (nSPS) is 11.9. The molecule has 0 aliphatic rings. The molecule has 30 heavy (non-hydrogen) atoms. The van der Waals surface area contributed by atoms with Crippen molar-refractivity contribution in [2.45, 2.75) is 26.4 Å². The molecule has 1 amide bonds. The Bertz CT molecular complexity index is 1000. The number of nitrogens with zero attached hydrogens (tertiary/aromatic N) is 4. The zero-order valence-electron chi connectivity index (χ0n) is 16.9. The highest BCUT2D eigenvalue weighted by Crippen LogP contribution is 2.30. The van der Waals surface area contributed by atoms with Crippen molar-refractivity contribution in [3.8, 4) is 22.5 Å². The smallest absolute Gasteiger partial charge is 0.410 e. The minimum absolute atomic E-state index is 0.120. The van der Waals surface area contributed by atoms with Crippen molar-refractivity contribution in [2.24, 2.45) is 5.92 Å². The number of ether oxygens (including phenoxy) is 1. The Kier molecular flexibility index (Phi) is 6.41. The van der Waals surface area contributed by atoms with Crippen LogP contribution in [0.5, 0.6) is 0 Å². The first kappa shape index (κ1) is 21.0. The molecule has 156 valence electrons. The Morgan fingerprint density at radius 3 is 2.30 bits per heavy atom. The van der Waals surface area contributed by atoms with E-state index in [1.807, 2.05) is 48.5 Å². The van der Waals surface area contributed by atoms with Crippen molar-refractivity contribution in [2.75, 3.05) is 7.11 Å². The van der Waals surface area contributed by atoms with Crippen LogP contribution in [0.1, 0.15) is 19.4 Å². The molecule has 0 saturated heterocycles. The van der Waals surface area contributed by atoms with E-state index in [1.165, 1.54) is 12.0 Å². The molecule has 2 aromatic carbocycles. The summed E-state index contributed by atoms with van der Waals surface area (Å²) >= 11 is 0. The van der Waals surface area contributed by atoms with Crippen LogP contribution in [-0.4, -0.2) is 55.8 Å². The Hall–Kier alpha value is -3.75. The third-order valence-electron chi connectivity index (χ3n) is 4.76. The van der Waals surface area contributed by atoms with Crippen LogP contribution in [0.25, 0.3) is 22.5 Å². The first-order valence-electron chi connectivity index (χ1n) is 9.42. The predicted molar refractivity (Wildman–Crippen MR) is 109 cm³/mol. The number of tetrazole rings is 1. The highest BCUT2D eigenvalue weighted by Gasteiger charge is 2.33. The van der Waals surface area contributed by atoms with E-state index in [0.29, 0.717) is 5.82 Å². The van der Waals surface area contributed by atoms with E-state index in [0.717, 1.165) is 22.3 Å². The van der Waals surface area contributed by atoms with E-state index in [4.69, 9.17) is 4.74 Å². The zero-order valence-corrected chi connectivity index (χ0v) is 16.9. The molecule has 9 nitrogen and oxygen atoms in total. The van der Waals surface area contributed by atoms with Gasteiger partial charge in [0.25, 0.3) is 0 Å². The summed E-state index contributed by atoms with van der Waals surface area (Å²) in [5.41, 5.74) is 3.48. The van der Waals surface area contributed by atoms with E-state index in [9.17, 15) is 14.7 Å². The van der Waals surface area contributed by atoms with E-state index < -0.39 is 18.1 Å². The van der Waals surface area contributed by atoms with E-state index in [1.54, 1.807) is 13.8 Å². The monoisotopic (exact) mass is 409 g/mol. The molecule has 0 aliphatic carbocycles. The van der Waals surface area contributed by atoms with Crippen LogP contribution in [0.2, 0.25) is 0 Å². The molecule has 9 heteroatoms. The number of nitrogens with one attached hydrogen (secondary N) is 1. The van der Waals surface area contributed by atoms with E-state index >= 15 is 0 Å². The lowest BCUT2D eigenvalue weighted by molar-refractivity contribution is -0.144. The van der Waals surface area contributed by atoms with Gasteiger partial charge in [0.05, 0.1) is 7.11 Å². The summed E-state index contributed by atoms with van der Waals surface area (Å²) in [5.74, 6) is -0.850. The number of aromatic amines is 1. The molecule has 3 aromatic rings. The quantitative estimate of drug-likeness (QED) is 0.614. The predicted octanol–water partition coefficient (Wildman–Crippen LogP) is 3.21. The highest BCUT2D eigenvalue weighted by molar-refractivity contribution is 5.81. The molecule has 1 aromatic heterocycles. The third kappa shape index (κ3) is 4.45. The summed E-state index contributed by atoms with van der Waals surface area (Å²) in [6, 6.07) is 14.2. The fraction of sp³-hybridized carbons (Fsp3) is 0.286. The molecular formula is C21H23N5O4. The Balaban J connectivity index is 1.89. The molecule has 0 aliphatic heterocycles. The average molecular weight is 409 g/mol. The Labute approximate surface area is 173 Å². The van der Waals surface area contributed by atoms with E-state index in [2.05, 4.69) is 20.6 Å². The van der Waals surface area contributed by atoms with Gasteiger partial charge in [-0.1, -0.05) is 62.4 Å². The van der Waals surface area contributed by atoms with Gasteiger partial charge in [0.15, 0.2) is 0 Å². The van der Waals surface area contributed by atoms with Crippen molar-refractivity contribution in [1.29, 1.82) is 0 Å². The summed E-state index contributed by atoms with van der Waals surface area (Å²) in [6.45, 7) is 3.63. The molecule has 0 fully saturated rings. The maximum Gasteiger partial charge on any atom is 0.410 e. The summed E-state index contributed by atoms with van der Waals surface area (Å²) in [7, 11) is 1.24. The summed E-state index contributed by atoms with van der Waals surface area (Å²) in [5, 5.41) is 23.8. The molecular weight excluding hydrogens is 386 g/mol. The first-order valence-corrected chi connectivity index (χ1v) is 9.42. The lowest BCUT2D eigenvalue weighted by Crippen LogP contribution is -2.47. The second kappa shape index (κ2) is 9.17. The number of carboxylic acid groups (broad SMARTS) is 1. The number of amides is 1. The van der Waals surface area contributed by atoms with Gasteiger partial charge in [-0.2, -0.15) is 5.21 Å². The van der Waals surface area contributed by atoms with Gasteiger partial charge in [0, 0.05) is 12.1 Å². The summed E-state index contributed by atoms with van der Waals surface area (Å²) in [4.78, 5) is 25.2. The molecule has 1 heterocycles. The maximum absolute atomic E-state index is 12.2. The van der Waals surface area contributed by atoms with Gasteiger partial charge in [-0.25, -0.2) is 9.59 Å². The zero-order chi connectivity index (χ0) is 21.7. The number of carbonyl (C=O) groups is 2. The van der Waals surface area contributed by atoms with Crippen molar-refractivity contribution in [3.63, 3.8) is 0 Å². The summed E-state index contributed by atoms with van der Waals surface area (Å²) in [6.07, 6.45) is -0.678. The van der Waals surface area contributed by atoms with Crippen LogP contribution in [0.15, 0.2) is 48.5 Å². The topological polar surface area (TPSA) is 121 Å². The molecule has 3 rings (SSSR count). The van der Waals surface area contributed by atoms with Crippen LogP contribution in [-0.2, 0) is 16.1 Å². The SMILES string of the molecule is COC(=O)N(Cc1ccc(-c2ccccc2-c2nn[nH]n2)cc1)C(C(=O)O)C(C)C. The van der Waals surface area contributed by atoms with Crippen molar-refractivity contribution in [3.05, 3.63) is 54.1 Å². The number of carboxylic acids is 1. The number of rotatable bonds is 7. The lowest BCUT2D eigenvalue weighted by Gasteiger charge is -2.30. The van der Waals surface area contributed by atoms with Gasteiger partial charge < -0.3 is 9.84 Å². The number of methoxy groups -OCH3 is 1. The van der Waals surface area contributed by atoms with Crippen molar-refractivity contribution >= 4 is 12.1 Å². The molecule has 0 bridgehead atoms. The van der Waals surface area contributed by atoms with Gasteiger partial charge in [0.2, 0.25) is 5.82 Å². The van der Waals surface area contributed by atoms with Crippen molar-refractivity contribution < 1.29 is 19.4 Å². The fourth-order valence-electron chi connectivity index (χ4n) is 3.36. The maximum atomic E-state index is 12.2. The van der Waals surface area contributed by atoms with Crippen LogP contribution < -0.4 is 0 Å². The second-order valence-electron chi connectivity index (χ2n) is 7.10. The average Bonchev–Trinajstić information content (AvgIpc) is 3.27.